The van der Waals surface area contributed by atoms with Crippen molar-refractivity contribution in [1.29, 1.82) is 0 Å². The summed E-state index contributed by atoms with van der Waals surface area (Å²) in [5.41, 5.74) is 2.04. The normalized spacial score (nSPS) is 18.9. The monoisotopic (exact) mass is 448 g/mol. The Bertz CT molecular complexity index is 1150. The van der Waals surface area contributed by atoms with E-state index in [2.05, 4.69) is 20.2 Å². The molecule has 3 aromatic rings. The van der Waals surface area contributed by atoms with E-state index in [1.807, 2.05) is 18.2 Å². The lowest BCUT2D eigenvalue weighted by molar-refractivity contribution is 0.0490. The number of aromatic nitrogens is 2. The second-order valence-corrected chi connectivity index (χ2v) is 8.84. The van der Waals surface area contributed by atoms with Crippen LogP contribution in [0.2, 0.25) is 0 Å². The predicted octanol–water partition coefficient (Wildman–Crippen LogP) is 3.05. The first-order chi connectivity index (χ1) is 16.1. The van der Waals surface area contributed by atoms with Crippen molar-refractivity contribution < 1.29 is 19.1 Å². The quantitative estimate of drug-likeness (QED) is 0.563. The number of H-pyrrole nitrogens is 1. The van der Waals surface area contributed by atoms with E-state index in [9.17, 15) is 9.59 Å². The number of rotatable bonds is 6. The number of Topliss-reactive ketones (excluding diaryl/α,β-unsaturated/α-hetero) is 1. The molecule has 1 unspecified atom stereocenters. The second kappa shape index (κ2) is 9.23. The van der Waals surface area contributed by atoms with Gasteiger partial charge in [0.2, 0.25) is 0 Å². The maximum atomic E-state index is 12.2. The van der Waals surface area contributed by atoms with Crippen molar-refractivity contribution in [1.82, 2.24) is 20.2 Å². The second-order valence-electron chi connectivity index (χ2n) is 8.84. The van der Waals surface area contributed by atoms with Crippen LogP contribution in [0.25, 0.3) is 10.9 Å². The fourth-order valence-corrected chi connectivity index (χ4v) is 4.55. The van der Waals surface area contributed by atoms with Crippen molar-refractivity contribution in [2.75, 3.05) is 32.8 Å². The molecule has 1 aromatic carbocycles. The Labute approximate surface area is 192 Å². The highest BCUT2D eigenvalue weighted by molar-refractivity contribution is 6.00. The molecule has 5 rings (SSSR count). The number of ether oxygens (including phenoxy) is 2. The zero-order valence-electron chi connectivity index (χ0n) is 18.7. The Morgan fingerprint density at radius 1 is 1.24 bits per heavy atom. The lowest BCUT2D eigenvalue weighted by Gasteiger charge is -2.35. The summed E-state index contributed by atoms with van der Waals surface area (Å²) in [6.07, 6.45) is 5.24. The molecule has 0 saturated carbocycles. The molecule has 2 aliphatic rings. The molecule has 0 radical (unpaired) electrons. The largest absolute Gasteiger partial charge is 0.486 e. The summed E-state index contributed by atoms with van der Waals surface area (Å²) in [6.45, 7) is 5.44. The molecule has 1 atom stereocenters. The number of aromatic amines is 1. The standard InChI is InChI=1S/C25H28N4O4/c1-16(30)22-11-20-21(28-22)4-5-23-24(20)33-19(15-32-23)14-29-9-6-17(7-10-29)12-27-25(31)18-3-2-8-26-13-18/h2-5,8,11,13,17,19,28H,6-7,9-10,12,14-15H2,1H3,(H,27,31). The summed E-state index contributed by atoms with van der Waals surface area (Å²) in [5.74, 6) is 1.82. The Kier molecular flexibility index (Phi) is 6.00. The minimum absolute atomic E-state index is 0.00674. The van der Waals surface area contributed by atoms with Crippen molar-refractivity contribution in [3.05, 3.63) is 54.0 Å². The number of hydrogen-bond acceptors (Lipinski definition) is 6. The molecule has 4 heterocycles. The average Bonchev–Trinajstić information content (AvgIpc) is 3.29. The van der Waals surface area contributed by atoms with Crippen LogP contribution in [0.4, 0.5) is 0 Å². The average molecular weight is 449 g/mol. The molecule has 8 nitrogen and oxygen atoms in total. The first kappa shape index (κ1) is 21.5. The Morgan fingerprint density at radius 2 is 2.09 bits per heavy atom. The summed E-state index contributed by atoms with van der Waals surface area (Å²) < 4.78 is 12.3. The van der Waals surface area contributed by atoms with Gasteiger partial charge in [-0.2, -0.15) is 0 Å². The third kappa shape index (κ3) is 4.71. The molecular weight excluding hydrogens is 420 g/mol. The van der Waals surface area contributed by atoms with E-state index in [1.54, 1.807) is 31.5 Å². The maximum absolute atomic E-state index is 12.2. The number of carbonyl (C=O) groups is 2. The number of hydrogen-bond donors (Lipinski definition) is 2. The van der Waals surface area contributed by atoms with Gasteiger partial charge in [0, 0.05) is 43.3 Å². The molecular formula is C25H28N4O4. The van der Waals surface area contributed by atoms with Gasteiger partial charge in [0.1, 0.15) is 12.7 Å². The van der Waals surface area contributed by atoms with Gasteiger partial charge in [-0.3, -0.25) is 19.5 Å². The van der Waals surface area contributed by atoms with Crippen LogP contribution in [0.1, 0.15) is 40.6 Å². The van der Waals surface area contributed by atoms with Gasteiger partial charge in [0.15, 0.2) is 17.3 Å². The highest BCUT2D eigenvalue weighted by Gasteiger charge is 2.28. The lowest BCUT2D eigenvalue weighted by atomic mass is 9.96. The van der Waals surface area contributed by atoms with Crippen molar-refractivity contribution in [2.24, 2.45) is 5.92 Å². The third-order valence-electron chi connectivity index (χ3n) is 6.45. The molecule has 2 aromatic heterocycles. The molecule has 0 aliphatic carbocycles. The van der Waals surface area contributed by atoms with E-state index in [4.69, 9.17) is 9.47 Å². The van der Waals surface area contributed by atoms with Gasteiger partial charge in [0.25, 0.3) is 5.91 Å². The van der Waals surface area contributed by atoms with E-state index in [0.29, 0.717) is 36.1 Å². The van der Waals surface area contributed by atoms with Crippen molar-refractivity contribution in [3.63, 3.8) is 0 Å². The number of fused-ring (bicyclic) bond motifs is 3. The van der Waals surface area contributed by atoms with Gasteiger partial charge in [-0.25, -0.2) is 0 Å². The minimum Gasteiger partial charge on any atom is -0.486 e. The fraction of sp³-hybridized carbons (Fsp3) is 0.400. The Balaban J connectivity index is 1.13. The van der Waals surface area contributed by atoms with Crippen molar-refractivity contribution >= 4 is 22.6 Å². The number of piperidine rings is 1. The smallest absolute Gasteiger partial charge is 0.252 e. The summed E-state index contributed by atoms with van der Waals surface area (Å²) >= 11 is 0. The van der Waals surface area contributed by atoms with Crippen LogP contribution in [-0.4, -0.2) is 65.4 Å². The number of carbonyl (C=O) groups excluding carboxylic acids is 2. The molecule has 172 valence electrons. The predicted molar refractivity (Wildman–Crippen MR) is 124 cm³/mol. The van der Waals surface area contributed by atoms with Crippen molar-refractivity contribution in [2.45, 2.75) is 25.9 Å². The summed E-state index contributed by atoms with van der Waals surface area (Å²) in [4.78, 5) is 33.5. The fourth-order valence-electron chi connectivity index (χ4n) is 4.55. The minimum atomic E-state index is -0.0689. The number of ketones is 1. The first-order valence-electron chi connectivity index (χ1n) is 11.4. The highest BCUT2D eigenvalue weighted by Crippen LogP contribution is 2.39. The number of likely N-dealkylation sites (tertiary alicyclic amines) is 1. The number of amides is 1. The van der Waals surface area contributed by atoms with Gasteiger partial charge in [-0.1, -0.05) is 0 Å². The van der Waals surface area contributed by atoms with Crippen molar-refractivity contribution in [3.8, 4) is 11.5 Å². The van der Waals surface area contributed by atoms with E-state index >= 15 is 0 Å². The van der Waals surface area contributed by atoms with Crippen LogP contribution >= 0.6 is 0 Å². The molecule has 1 amide bonds. The van der Waals surface area contributed by atoms with E-state index in [1.165, 1.54) is 0 Å². The number of nitrogens with zero attached hydrogens (tertiary/aromatic N) is 2. The van der Waals surface area contributed by atoms with Gasteiger partial charge in [-0.05, 0) is 62.2 Å². The molecule has 33 heavy (non-hydrogen) atoms. The highest BCUT2D eigenvalue weighted by atomic mass is 16.6. The molecule has 1 fully saturated rings. The number of benzene rings is 1. The van der Waals surface area contributed by atoms with E-state index < -0.39 is 0 Å². The zero-order valence-corrected chi connectivity index (χ0v) is 18.7. The van der Waals surface area contributed by atoms with Gasteiger partial charge >= 0.3 is 0 Å². The van der Waals surface area contributed by atoms with Gasteiger partial charge < -0.3 is 19.8 Å². The first-order valence-corrected chi connectivity index (χ1v) is 11.4. The molecule has 0 bridgehead atoms. The zero-order chi connectivity index (χ0) is 22.8. The summed E-state index contributed by atoms with van der Waals surface area (Å²) in [7, 11) is 0. The van der Waals surface area contributed by atoms with Crippen LogP contribution in [-0.2, 0) is 0 Å². The van der Waals surface area contributed by atoms with Crippen LogP contribution < -0.4 is 14.8 Å². The number of nitrogens with one attached hydrogen (secondary N) is 2. The van der Waals surface area contributed by atoms with E-state index in [-0.39, 0.29) is 17.8 Å². The van der Waals surface area contributed by atoms with Gasteiger partial charge in [-0.15, -0.1) is 0 Å². The molecule has 2 N–H and O–H groups in total. The van der Waals surface area contributed by atoms with E-state index in [0.717, 1.165) is 49.1 Å². The Hall–Kier alpha value is -3.39. The van der Waals surface area contributed by atoms with Crippen LogP contribution in [0, 0.1) is 5.92 Å². The van der Waals surface area contributed by atoms with Crippen LogP contribution in [0.15, 0.2) is 42.7 Å². The Morgan fingerprint density at radius 3 is 2.85 bits per heavy atom. The van der Waals surface area contributed by atoms with Crippen LogP contribution in [0.3, 0.4) is 0 Å². The number of pyridine rings is 1. The summed E-state index contributed by atoms with van der Waals surface area (Å²) in [5, 5.41) is 3.91. The summed E-state index contributed by atoms with van der Waals surface area (Å²) in [6, 6.07) is 9.19. The third-order valence-corrected chi connectivity index (χ3v) is 6.45. The maximum Gasteiger partial charge on any atom is 0.252 e. The molecule has 8 heteroatoms. The van der Waals surface area contributed by atoms with Gasteiger partial charge in [0.05, 0.1) is 11.3 Å². The molecule has 2 aliphatic heterocycles. The topological polar surface area (TPSA) is 96.6 Å². The SMILES string of the molecule is CC(=O)c1cc2c3c(ccc2[nH]1)OCC(CN1CCC(CNC(=O)c2cccnc2)CC1)O3. The van der Waals surface area contributed by atoms with Crippen LogP contribution in [0.5, 0.6) is 11.5 Å². The molecule has 1 saturated heterocycles. The lowest BCUT2D eigenvalue weighted by Crippen LogP contribution is -2.45. The molecule has 0 spiro atoms.